The fourth-order valence-corrected chi connectivity index (χ4v) is 1.72. The maximum absolute atomic E-state index is 10.1. The number of nitrogens with zero attached hydrogens (tertiary/aromatic N) is 1. The molecule has 0 fully saturated rings. The molecule has 0 amide bonds. The van der Waals surface area contributed by atoms with Crippen molar-refractivity contribution in [2.75, 3.05) is 6.61 Å². The fraction of sp³-hybridized carbons (Fsp3) is 0.444. The summed E-state index contributed by atoms with van der Waals surface area (Å²) in [6.07, 6.45) is 0.615. The van der Waals surface area contributed by atoms with E-state index < -0.39 is 5.60 Å². The average Bonchev–Trinajstić information content (AvgIpc) is 2.45. The zero-order valence-corrected chi connectivity index (χ0v) is 8.84. The van der Waals surface area contributed by atoms with Crippen molar-refractivity contribution in [3.05, 3.63) is 22.4 Å². The first-order valence-corrected chi connectivity index (χ1v) is 4.97. The molecular formula is C9H10BrNO2. The average molecular weight is 244 g/mol. The van der Waals surface area contributed by atoms with E-state index in [1.54, 1.807) is 6.07 Å². The maximum Gasteiger partial charge on any atom is 0.144 e. The first-order chi connectivity index (χ1) is 6.15. The molecule has 0 aliphatic carbocycles. The van der Waals surface area contributed by atoms with Crippen LogP contribution in [0.5, 0.6) is 5.75 Å². The van der Waals surface area contributed by atoms with Gasteiger partial charge in [-0.3, -0.25) is 0 Å². The van der Waals surface area contributed by atoms with Crippen LogP contribution in [0, 0.1) is 0 Å². The SMILES string of the molecule is CCC1(O)COc2ccc(Br)nc21. The third-order valence-corrected chi connectivity index (χ3v) is 2.76. The molecular weight excluding hydrogens is 234 g/mol. The largest absolute Gasteiger partial charge is 0.488 e. The second-order valence-electron chi connectivity index (χ2n) is 3.15. The van der Waals surface area contributed by atoms with E-state index in [-0.39, 0.29) is 0 Å². The number of hydrogen-bond acceptors (Lipinski definition) is 3. The van der Waals surface area contributed by atoms with E-state index in [1.807, 2.05) is 13.0 Å². The van der Waals surface area contributed by atoms with Crippen LogP contribution in [0.4, 0.5) is 0 Å². The van der Waals surface area contributed by atoms with Crippen molar-refractivity contribution in [3.63, 3.8) is 0 Å². The molecule has 0 aromatic carbocycles. The Morgan fingerprint density at radius 2 is 2.46 bits per heavy atom. The normalized spacial score (nSPS) is 25.5. The molecule has 1 atom stereocenters. The van der Waals surface area contributed by atoms with Crippen LogP contribution in [-0.4, -0.2) is 16.7 Å². The van der Waals surface area contributed by atoms with Gasteiger partial charge in [-0.05, 0) is 34.5 Å². The minimum absolute atomic E-state index is 0.308. The highest BCUT2D eigenvalue weighted by molar-refractivity contribution is 9.10. The number of pyridine rings is 1. The molecule has 1 aromatic rings. The maximum atomic E-state index is 10.1. The molecule has 4 heteroatoms. The van der Waals surface area contributed by atoms with Crippen molar-refractivity contribution in [1.29, 1.82) is 0 Å². The topological polar surface area (TPSA) is 42.4 Å². The van der Waals surface area contributed by atoms with E-state index in [1.165, 1.54) is 0 Å². The van der Waals surface area contributed by atoms with Gasteiger partial charge in [0.15, 0.2) is 0 Å². The van der Waals surface area contributed by atoms with Crippen molar-refractivity contribution in [2.24, 2.45) is 0 Å². The summed E-state index contributed by atoms with van der Waals surface area (Å²) in [5, 5.41) is 10.1. The zero-order valence-electron chi connectivity index (χ0n) is 7.25. The van der Waals surface area contributed by atoms with Crippen LogP contribution in [0.2, 0.25) is 0 Å². The molecule has 2 heterocycles. The number of fused-ring (bicyclic) bond motifs is 1. The number of aliphatic hydroxyl groups is 1. The van der Waals surface area contributed by atoms with Crippen LogP contribution in [0.1, 0.15) is 19.0 Å². The van der Waals surface area contributed by atoms with Crippen molar-refractivity contribution in [1.82, 2.24) is 4.98 Å². The summed E-state index contributed by atoms with van der Waals surface area (Å²) >= 11 is 3.27. The van der Waals surface area contributed by atoms with Gasteiger partial charge in [0, 0.05) is 0 Å². The Morgan fingerprint density at radius 1 is 1.69 bits per heavy atom. The fourth-order valence-electron chi connectivity index (χ4n) is 1.41. The Morgan fingerprint density at radius 3 is 3.15 bits per heavy atom. The van der Waals surface area contributed by atoms with Gasteiger partial charge < -0.3 is 9.84 Å². The van der Waals surface area contributed by atoms with Crippen LogP contribution in [0.25, 0.3) is 0 Å². The Bertz CT molecular complexity index is 342. The second kappa shape index (κ2) is 2.96. The third-order valence-electron chi connectivity index (χ3n) is 2.32. The Labute approximate surface area is 84.9 Å². The van der Waals surface area contributed by atoms with Crippen molar-refractivity contribution in [3.8, 4) is 5.75 Å². The van der Waals surface area contributed by atoms with Gasteiger partial charge >= 0.3 is 0 Å². The molecule has 70 valence electrons. The standard InChI is InChI=1S/C9H10BrNO2/c1-2-9(12)5-13-6-3-4-7(10)11-8(6)9/h3-4,12H,2,5H2,1H3. The highest BCUT2D eigenvalue weighted by Crippen LogP contribution is 2.38. The molecule has 1 aromatic heterocycles. The van der Waals surface area contributed by atoms with Gasteiger partial charge in [-0.25, -0.2) is 4.98 Å². The lowest BCUT2D eigenvalue weighted by atomic mass is 9.99. The summed E-state index contributed by atoms with van der Waals surface area (Å²) in [4.78, 5) is 4.22. The number of halogens is 1. The molecule has 13 heavy (non-hydrogen) atoms. The summed E-state index contributed by atoms with van der Waals surface area (Å²) in [6, 6.07) is 3.63. The number of ether oxygens (including phenoxy) is 1. The van der Waals surface area contributed by atoms with Crippen molar-refractivity contribution in [2.45, 2.75) is 18.9 Å². The van der Waals surface area contributed by atoms with Gasteiger partial charge in [-0.2, -0.15) is 0 Å². The van der Waals surface area contributed by atoms with Gasteiger partial charge in [-0.1, -0.05) is 6.92 Å². The summed E-state index contributed by atoms with van der Waals surface area (Å²) in [7, 11) is 0. The number of hydrogen-bond donors (Lipinski definition) is 1. The molecule has 0 radical (unpaired) electrons. The summed E-state index contributed by atoms with van der Waals surface area (Å²) in [6.45, 7) is 2.23. The van der Waals surface area contributed by atoms with Crippen LogP contribution in [-0.2, 0) is 5.60 Å². The minimum Gasteiger partial charge on any atom is -0.488 e. The third kappa shape index (κ3) is 1.34. The lowest BCUT2D eigenvalue weighted by Gasteiger charge is -2.17. The number of rotatable bonds is 1. The molecule has 0 saturated carbocycles. The first kappa shape index (κ1) is 8.97. The predicted octanol–water partition coefficient (Wildman–Crippen LogP) is 1.83. The van der Waals surface area contributed by atoms with E-state index in [0.717, 1.165) is 4.60 Å². The van der Waals surface area contributed by atoms with Crippen LogP contribution in [0.3, 0.4) is 0 Å². The molecule has 0 spiro atoms. The van der Waals surface area contributed by atoms with E-state index in [4.69, 9.17) is 4.74 Å². The number of aromatic nitrogens is 1. The van der Waals surface area contributed by atoms with Crippen LogP contribution >= 0.6 is 15.9 Å². The summed E-state index contributed by atoms with van der Waals surface area (Å²) < 4.78 is 6.05. The van der Waals surface area contributed by atoms with Gasteiger partial charge in [-0.15, -0.1) is 0 Å². The summed E-state index contributed by atoms with van der Waals surface area (Å²) in [5.41, 5.74) is -0.261. The van der Waals surface area contributed by atoms with Crippen molar-refractivity contribution >= 4 is 15.9 Å². The Hall–Kier alpha value is -0.610. The van der Waals surface area contributed by atoms with E-state index in [9.17, 15) is 5.11 Å². The molecule has 3 nitrogen and oxygen atoms in total. The Balaban J connectivity index is 2.52. The van der Waals surface area contributed by atoms with E-state index in [0.29, 0.717) is 24.5 Å². The van der Waals surface area contributed by atoms with Crippen LogP contribution < -0.4 is 4.74 Å². The highest BCUT2D eigenvalue weighted by Gasteiger charge is 2.38. The molecule has 1 unspecified atom stereocenters. The smallest absolute Gasteiger partial charge is 0.144 e. The summed E-state index contributed by atoms with van der Waals surface area (Å²) in [5.74, 6) is 0.688. The minimum atomic E-state index is -0.904. The zero-order chi connectivity index (χ0) is 9.47. The molecule has 1 aliphatic heterocycles. The second-order valence-corrected chi connectivity index (χ2v) is 3.97. The Kier molecular flexibility index (Phi) is 2.04. The first-order valence-electron chi connectivity index (χ1n) is 4.18. The van der Waals surface area contributed by atoms with Gasteiger partial charge in [0.05, 0.1) is 0 Å². The quantitative estimate of drug-likeness (QED) is 0.766. The lowest BCUT2D eigenvalue weighted by molar-refractivity contribution is 0.00994. The predicted molar refractivity (Wildman–Crippen MR) is 51.6 cm³/mol. The monoisotopic (exact) mass is 243 g/mol. The van der Waals surface area contributed by atoms with Gasteiger partial charge in [0.1, 0.15) is 28.3 Å². The molecule has 0 saturated heterocycles. The van der Waals surface area contributed by atoms with Crippen LogP contribution in [0.15, 0.2) is 16.7 Å². The van der Waals surface area contributed by atoms with Gasteiger partial charge in [0.2, 0.25) is 0 Å². The van der Waals surface area contributed by atoms with E-state index in [2.05, 4.69) is 20.9 Å². The lowest BCUT2D eigenvalue weighted by Crippen LogP contribution is -2.27. The highest BCUT2D eigenvalue weighted by atomic mass is 79.9. The van der Waals surface area contributed by atoms with Crippen molar-refractivity contribution < 1.29 is 9.84 Å². The molecule has 2 rings (SSSR count). The van der Waals surface area contributed by atoms with Gasteiger partial charge in [0.25, 0.3) is 0 Å². The molecule has 0 bridgehead atoms. The molecule has 1 aliphatic rings. The van der Waals surface area contributed by atoms with E-state index >= 15 is 0 Å². The molecule has 1 N–H and O–H groups in total.